The molecule has 0 aromatic heterocycles. The summed E-state index contributed by atoms with van der Waals surface area (Å²) in [7, 11) is 1.60. The number of carbonyl (C=O) groups excluding carboxylic acids is 2. The van der Waals surface area contributed by atoms with E-state index in [0.717, 1.165) is 18.6 Å². The first-order chi connectivity index (χ1) is 10.2. The highest BCUT2D eigenvalue weighted by Gasteiger charge is 2.56. The Balaban J connectivity index is 1.71. The van der Waals surface area contributed by atoms with Crippen molar-refractivity contribution in [2.75, 3.05) is 12.0 Å². The molecule has 1 aromatic rings. The van der Waals surface area contributed by atoms with E-state index in [4.69, 9.17) is 4.74 Å². The number of hydrogen-bond donors (Lipinski definition) is 0. The SMILES string of the molecule is COc1ccc(N2C(=O)[C@H]3[C@H](C2=O)[C@H]2C=C[C@H]3CC2)cc1. The van der Waals surface area contributed by atoms with Gasteiger partial charge >= 0.3 is 0 Å². The Kier molecular flexibility index (Phi) is 2.67. The fourth-order valence-corrected chi connectivity index (χ4v) is 4.06. The minimum absolute atomic E-state index is 0.0331. The zero-order valence-electron chi connectivity index (χ0n) is 11.9. The van der Waals surface area contributed by atoms with E-state index in [-0.39, 0.29) is 35.5 Å². The third kappa shape index (κ3) is 1.68. The van der Waals surface area contributed by atoms with E-state index in [1.54, 1.807) is 31.4 Å². The van der Waals surface area contributed by atoms with Gasteiger partial charge < -0.3 is 4.74 Å². The molecule has 4 heteroatoms. The average Bonchev–Trinajstić information content (AvgIpc) is 2.82. The molecule has 2 bridgehead atoms. The Bertz CT molecular complexity index is 602. The topological polar surface area (TPSA) is 46.6 Å². The molecular weight excluding hydrogens is 266 g/mol. The monoisotopic (exact) mass is 283 g/mol. The van der Waals surface area contributed by atoms with Crippen LogP contribution in [-0.2, 0) is 9.59 Å². The van der Waals surface area contributed by atoms with E-state index in [2.05, 4.69) is 12.2 Å². The lowest BCUT2D eigenvalue weighted by Crippen LogP contribution is -2.38. The van der Waals surface area contributed by atoms with Gasteiger partial charge in [0, 0.05) is 0 Å². The molecule has 1 aromatic carbocycles. The second-order valence-electron chi connectivity index (χ2n) is 6.05. The smallest absolute Gasteiger partial charge is 0.238 e. The van der Waals surface area contributed by atoms with Crippen molar-refractivity contribution in [1.29, 1.82) is 0 Å². The van der Waals surface area contributed by atoms with Crippen LogP contribution in [0.5, 0.6) is 5.75 Å². The van der Waals surface area contributed by atoms with Crippen LogP contribution in [0.3, 0.4) is 0 Å². The lowest BCUT2D eigenvalue weighted by Gasteiger charge is -2.38. The quantitative estimate of drug-likeness (QED) is 0.618. The number of hydrogen-bond acceptors (Lipinski definition) is 3. The van der Waals surface area contributed by atoms with Crippen molar-refractivity contribution in [1.82, 2.24) is 0 Å². The van der Waals surface area contributed by atoms with E-state index in [1.807, 2.05) is 0 Å². The third-order valence-corrected chi connectivity index (χ3v) is 5.09. The number of fused-ring (bicyclic) bond motifs is 1. The highest BCUT2D eigenvalue weighted by Crippen LogP contribution is 2.50. The number of nitrogens with zero attached hydrogens (tertiary/aromatic N) is 1. The molecular formula is C17H17NO3. The average molecular weight is 283 g/mol. The lowest BCUT2D eigenvalue weighted by atomic mass is 9.63. The first-order valence-corrected chi connectivity index (χ1v) is 7.41. The van der Waals surface area contributed by atoms with Gasteiger partial charge in [0.25, 0.3) is 0 Å². The summed E-state index contributed by atoms with van der Waals surface area (Å²) >= 11 is 0. The predicted octanol–water partition coefficient (Wildman–Crippen LogP) is 2.40. The summed E-state index contributed by atoms with van der Waals surface area (Å²) in [5.41, 5.74) is 0.652. The number of ether oxygens (including phenoxy) is 1. The molecule has 5 rings (SSSR count). The maximum absolute atomic E-state index is 12.7. The van der Waals surface area contributed by atoms with E-state index < -0.39 is 0 Å². The van der Waals surface area contributed by atoms with Crippen molar-refractivity contribution in [3.8, 4) is 5.75 Å². The standard InChI is InChI=1S/C17H17NO3/c1-21-13-8-6-12(7-9-13)18-16(19)14-10-2-3-11(5-4-10)15(14)17(18)20/h2-3,6-11,14-15H,4-5H2,1H3/t10-,11-,14+,15+/m0/s1. The molecule has 3 aliphatic carbocycles. The maximum Gasteiger partial charge on any atom is 0.238 e. The largest absolute Gasteiger partial charge is 0.497 e. The van der Waals surface area contributed by atoms with Crippen LogP contribution < -0.4 is 9.64 Å². The second kappa shape index (κ2) is 4.45. The molecule has 2 amide bonds. The van der Waals surface area contributed by atoms with Crippen molar-refractivity contribution >= 4 is 17.5 Å². The van der Waals surface area contributed by atoms with Gasteiger partial charge in [-0.3, -0.25) is 14.5 Å². The van der Waals surface area contributed by atoms with Crippen LogP contribution in [0.25, 0.3) is 0 Å². The van der Waals surface area contributed by atoms with Gasteiger partial charge in [-0.2, -0.15) is 0 Å². The van der Waals surface area contributed by atoms with Gasteiger partial charge in [0.05, 0.1) is 24.6 Å². The Hall–Kier alpha value is -2.10. The molecule has 4 atom stereocenters. The molecule has 1 saturated carbocycles. The molecule has 0 radical (unpaired) electrons. The number of anilines is 1. The number of amides is 2. The zero-order valence-corrected chi connectivity index (χ0v) is 11.9. The molecule has 2 fully saturated rings. The summed E-state index contributed by atoms with van der Waals surface area (Å²) < 4.78 is 5.13. The minimum atomic E-state index is -0.150. The second-order valence-corrected chi connectivity index (χ2v) is 6.05. The van der Waals surface area contributed by atoms with Crippen LogP contribution in [0, 0.1) is 23.7 Å². The van der Waals surface area contributed by atoms with Crippen LogP contribution in [0.4, 0.5) is 5.69 Å². The Labute approximate surface area is 123 Å². The van der Waals surface area contributed by atoms with Crippen molar-refractivity contribution in [2.45, 2.75) is 12.8 Å². The summed E-state index contributed by atoms with van der Waals surface area (Å²) in [4.78, 5) is 26.9. The van der Waals surface area contributed by atoms with Crippen molar-refractivity contribution < 1.29 is 14.3 Å². The van der Waals surface area contributed by atoms with E-state index in [1.165, 1.54) is 4.90 Å². The van der Waals surface area contributed by atoms with Crippen LogP contribution in [0.1, 0.15) is 12.8 Å². The minimum Gasteiger partial charge on any atom is -0.497 e. The Morgan fingerprint density at radius 3 is 1.90 bits per heavy atom. The fraction of sp³-hybridized carbons (Fsp3) is 0.412. The van der Waals surface area contributed by atoms with Crippen LogP contribution in [0.15, 0.2) is 36.4 Å². The number of carbonyl (C=O) groups is 2. The van der Waals surface area contributed by atoms with Crippen molar-refractivity contribution in [2.24, 2.45) is 23.7 Å². The van der Waals surface area contributed by atoms with Gasteiger partial charge in [0.15, 0.2) is 0 Å². The lowest BCUT2D eigenvalue weighted by molar-refractivity contribution is -0.124. The number of rotatable bonds is 2. The number of allylic oxidation sites excluding steroid dienone is 2. The van der Waals surface area contributed by atoms with Gasteiger partial charge in [-0.05, 0) is 48.9 Å². The molecule has 0 spiro atoms. The van der Waals surface area contributed by atoms with E-state index in [0.29, 0.717) is 5.69 Å². The van der Waals surface area contributed by atoms with E-state index in [9.17, 15) is 9.59 Å². The first kappa shape index (κ1) is 12.6. The summed E-state index contributed by atoms with van der Waals surface area (Å²) in [5, 5.41) is 0. The Morgan fingerprint density at radius 1 is 0.952 bits per heavy atom. The fourth-order valence-electron chi connectivity index (χ4n) is 4.06. The zero-order chi connectivity index (χ0) is 14.6. The van der Waals surface area contributed by atoms with Crippen LogP contribution >= 0.6 is 0 Å². The molecule has 0 unspecified atom stereocenters. The van der Waals surface area contributed by atoms with Crippen molar-refractivity contribution in [3.63, 3.8) is 0 Å². The summed E-state index contributed by atoms with van der Waals surface area (Å²) in [6.07, 6.45) is 6.33. The van der Waals surface area contributed by atoms with E-state index >= 15 is 0 Å². The van der Waals surface area contributed by atoms with Crippen LogP contribution in [-0.4, -0.2) is 18.9 Å². The highest BCUT2D eigenvalue weighted by atomic mass is 16.5. The number of benzene rings is 1. The van der Waals surface area contributed by atoms with Gasteiger partial charge in [0.2, 0.25) is 11.8 Å². The molecule has 21 heavy (non-hydrogen) atoms. The summed E-state index contributed by atoms with van der Waals surface area (Å²) in [6, 6.07) is 7.12. The van der Waals surface area contributed by atoms with Gasteiger partial charge in [-0.15, -0.1) is 0 Å². The third-order valence-electron chi connectivity index (χ3n) is 5.09. The number of methoxy groups -OCH3 is 1. The molecule has 0 N–H and O–H groups in total. The highest BCUT2D eigenvalue weighted by molar-refractivity contribution is 6.22. The summed E-state index contributed by atoms with van der Waals surface area (Å²) in [5.74, 6) is 0.825. The number of imide groups is 1. The van der Waals surface area contributed by atoms with Crippen LogP contribution in [0.2, 0.25) is 0 Å². The van der Waals surface area contributed by atoms with Gasteiger partial charge in [0.1, 0.15) is 5.75 Å². The first-order valence-electron chi connectivity index (χ1n) is 7.41. The molecule has 108 valence electrons. The molecule has 4 nitrogen and oxygen atoms in total. The van der Waals surface area contributed by atoms with Gasteiger partial charge in [-0.25, -0.2) is 0 Å². The Morgan fingerprint density at radius 2 is 1.48 bits per heavy atom. The molecule has 1 aliphatic heterocycles. The normalized spacial score (nSPS) is 33.5. The maximum atomic E-state index is 12.7. The van der Waals surface area contributed by atoms with Gasteiger partial charge in [-0.1, -0.05) is 12.2 Å². The molecule has 1 saturated heterocycles. The van der Waals surface area contributed by atoms with Crippen molar-refractivity contribution in [3.05, 3.63) is 36.4 Å². The predicted molar refractivity (Wildman–Crippen MR) is 77.8 cm³/mol. The summed E-state index contributed by atoms with van der Waals surface area (Å²) in [6.45, 7) is 0. The molecule has 1 heterocycles. The molecule has 4 aliphatic rings.